The number of anilines is 1. The Bertz CT molecular complexity index is 755. The second-order valence-corrected chi connectivity index (χ2v) is 8.58. The van der Waals surface area contributed by atoms with Gasteiger partial charge in [0.2, 0.25) is 5.91 Å². The SMILES string of the molecule is Cc1sc(C2CCCN2C(=O)CN(C)C)cc1C(=O)Nc1nccs1. The van der Waals surface area contributed by atoms with Crippen LogP contribution in [0.5, 0.6) is 0 Å². The van der Waals surface area contributed by atoms with Crippen LogP contribution in [0.1, 0.15) is 39.0 Å². The second kappa shape index (κ2) is 7.63. The Morgan fingerprint density at radius 2 is 2.24 bits per heavy atom. The average molecular weight is 379 g/mol. The number of thiazole rings is 1. The molecule has 1 saturated heterocycles. The lowest BCUT2D eigenvalue weighted by Crippen LogP contribution is -2.37. The highest BCUT2D eigenvalue weighted by molar-refractivity contribution is 7.14. The van der Waals surface area contributed by atoms with Crippen molar-refractivity contribution in [3.63, 3.8) is 0 Å². The minimum absolute atomic E-state index is 0.0811. The molecule has 134 valence electrons. The van der Waals surface area contributed by atoms with Gasteiger partial charge in [0.05, 0.1) is 18.2 Å². The fourth-order valence-corrected chi connectivity index (χ4v) is 4.76. The molecule has 2 amide bonds. The molecule has 0 aromatic carbocycles. The highest BCUT2D eigenvalue weighted by atomic mass is 32.1. The molecule has 6 nitrogen and oxygen atoms in total. The Hall–Kier alpha value is -1.77. The number of aromatic nitrogens is 1. The van der Waals surface area contributed by atoms with E-state index in [1.165, 1.54) is 11.3 Å². The van der Waals surface area contributed by atoms with E-state index in [2.05, 4.69) is 10.3 Å². The van der Waals surface area contributed by atoms with Crippen molar-refractivity contribution in [2.45, 2.75) is 25.8 Å². The molecule has 8 heteroatoms. The summed E-state index contributed by atoms with van der Waals surface area (Å²) in [4.78, 5) is 35.0. The summed E-state index contributed by atoms with van der Waals surface area (Å²) >= 11 is 3.00. The number of rotatable bonds is 5. The van der Waals surface area contributed by atoms with Crippen molar-refractivity contribution in [2.75, 3.05) is 32.5 Å². The molecule has 1 aliphatic heterocycles. The van der Waals surface area contributed by atoms with Crippen LogP contribution in [0.15, 0.2) is 17.6 Å². The fourth-order valence-electron chi connectivity index (χ4n) is 3.07. The van der Waals surface area contributed by atoms with E-state index in [9.17, 15) is 9.59 Å². The Balaban J connectivity index is 1.76. The molecule has 1 fully saturated rings. The number of hydrogen-bond donors (Lipinski definition) is 1. The van der Waals surface area contributed by atoms with Crippen LogP contribution in [0.25, 0.3) is 0 Å². The summed E-state index contributed by atoms with van der Waals surface area (Å²) in [6, 6.07) is 2.02. The van der Waals surface area contributed by atoms with Crippen LogP contribution in [0.2, 0.25) is 0 Å². The maximum absolute atomic E-state index is 12.5. The lowest BCUT2D eigenvalue weighted by molar-refractivity contribution is -0.132. The number of aryl methyl sites for hydroxylation is 1. The van der Waals surface area contributed by atoms with Crippen LogP contribution in [-0.4, -0.2) is 53.8 Å². The fraction of sp³-hybridized carbons (Fsp3) is 0.471. The van der Waals surface area contributed by atoms with E-state index in [-0.39, 0.29) is 17.9 Å². The van der Waals surface area contributed by atoms with E-state index < -0.39 is 0 Å². The summed E-state index contributed by atoms with van der Waals surface area (Å²) in [7, 11) is 3.80. The van der Waals surface area contributed by atoms with Gasteiger partial charge in [0.1, 0.15) is 0 Å². The smallest absolute Gasteiger partial charge is 0.258 e. The van der Waals surface area contributed by atoms with Crippen LogP contribution in [-0.2, 0) is 4.79 Å². The summed E-state index contributed by atoms with van der Waals surface area (Å²) < 4.78 is 0. The molecule has 2 aromatic rings. The molecule has 0 radical (unpaired) electrons. The van der Waals surface area contributed by atoms with E-state index in [0.717, 1.165) is 29.1 Å². The molecular formula is C17H22N4O2S2. The van der Waals surface area contributed by atoms with Gasteiger partial charge < -0.3 is 9.80 Å². The normalized spacial score (nSPS) is 17.3. The monoisotopic (exact) mass is 378 g/mol. The molecule has 1 atom stereocenters. The summed E-state index contributed by atoms with van der Waals surface area (Å²) in [5.74, 6) is 0.00598. The van der Waals surface area contributed by atoms with E-state index >= 15 is 0 Å². The Morgan fingerprint density at radius 1 is 1.44 bits per heavy atom. The first-order valence-corrected chi connectivity index (χ1v) is 9.90. The summed E-state index contributed by atoms with van der Waals surface area (Å²) in [5.41, 5.74) is 0.669. The van der Waals surface area contributed by atoms with Crippen LogP contribution >= 0.6 is 22.7 Å². The predicted molar refractivity (Wildman–Crippen MR) is 101 cm³/mol. The second-order valence-electron chi connectivity index (χ2n) is 6.39. The predicted octanol–water partition coefficient (Wildman–Crippen LogP) is 2.99. The van der Waals surface area contributed by atoms with Gasteiger partial charge >= 0.3 is 0 Å². The zero-order valence-electron chi connectivity index (χ0n) is 14.6. The van der Waals surface area contributed by atoms with Gasteiger partial charge in [-0.2, -0.15) is 0 Å². The molecule has 3 heterocycles. The molecule has 0 spiro atoms. The topological polar surface area (TPSA) is 65.5 Å². The Kier molecular flexibility index (Phi) is 5.51. The van der Waals surface area contributed by atoms with Crippen molar-refractivity contribution in [1.29, 1.82) is 0 Å². The third-order valence-corrected chi connectivity index (χ3v) is 6.03. The highest BCUT2D eigenvalue weighted by Gasteiger charge is 2.32. The van der Waals surface area contributed by atoms with Gasteiger partial charge in [0.25, 0.3) is 5.91 Å². The lowest BCUT2D eigenvalue weighted by atomic mass is 10.1. The number of likely N-dealkylation sites (N-methyl/N-ethyl adjacent to an activating group) is 1. The number of carbonyl (C=O) groups excluding carboxylic acids is 2. The summed E-state index contributed by atoms with van der Waals surface area (Å²) in [5, 5.41) is 5.26. The molecule has 2 aromatic heterocycles. The van der Waals surface area contributed by atoms with E-state index in [0.29, 0.717) is 17.2 Å². The number of likely N-dealkylation sites (tertiary alicyclic amines) is 1. The summed E-state index contributed by atoms with van der Waals surface area (Å²) in [6.45, 7) is 3.15. The van der Waals surface area contributed by atoms with Crippen molar-refractivity contribution >= 4 is 39.6 Å². The third kappa shape index (κ3) is 4.08. The third-order valence-electron chi connectivity index (χ3n) is 4.19. The van der Waals surface area contributed by atoms with E-state index in [1.54, 1.807) is 17.5 Å². The van der Waals surface area contributed by atoms with Crippen LogP contribution < -0.4 is 5.32 Å². The number of carbonyl (C=O) groups is 2. The summed E-state index contributed by atoms with van der Waals surface area (Å²) in [6.07, 6.45) is 3.62. The van der Waals surface area contributed by atoms with E-state index in [4.69, 9.17) is 0 Å². The first-order valence-electron chi connectivity index (χ1n) is 8.21. The number of nitrogens with one attached hydrogen (secondary N) is 1. The van der Waals surface area contributed by atoms with Gasteiger partial charge in [-0.1, -0.05) is 0 Å². The molecule has 1 N–H and O–H groups in total. The average Bonchev–Trinajstić information content (AvgIpc) is 3.25. The van der Waals surface area contributed by atoms with Gasteiger partial charge in [-0.3, -0.25) is 14.9 Å². The van der Waals surface area contributed by atoms with Gasteiger partial charge in [-0.25, -0.2) is 4.98 Å². The Labute approximate surface area is 155 Å². The van der Waals surface area contributed by atoms with Crippen LogP contribution in [0.3, 0.4) is 0 Å². The van der Waals surface area contributed by atoms with Crippen molar-refractivity contribution < 1.29 is 9.59 Å². The highest BCUT2D eigenvalue weighted by Crippen LogP contribution is 2.37. The van der Waals surface area contributed by atoms with Crippen molar-refractivity contribution in [3.05, 3.63) is 33.0 Å². The van der Waals surface area contributed by atoms with Gasteiger partial charge in [0.15, 0.2) is 5.13 Å². The first-order chi connectivity index (χ1) is 12.0. The van der Waals surface area contributed by atoms with Crippen molar-refractivity contribution in [1.82, 2.24) is 14.8 Å². The molecule has 0 aliphatic carbocycles. The zero-order valence-corrected chi connectivity index (χ0v) is 16.2. The van der Waals surface area contributed by atoms with Crippen LogP contribution in [0.4, 0.5) is 5.13 Å². The maximum atomic E-state index is 12.5. The largest absolute Gasteiger partial charge is 0.334 e. The molecular weight excluding hydrogens is 356 g/mol. The van der Waals surface area contributed by atoms with Crippen molar-refractivity contribution in [2.24, 2.45) is 0 Å². The van der Waals surface area contributed by atoms with Gasteiger partial charge in [0, 0.05) is 27.9 Å². The number of nitrogens with zero attached hydrogens (tertiary/aromatic N) is 3. The quantitative estimate of drug-likeness (QED) is 0.869. The molecule has 1 unspecified atom stereocenters. The Morgan fingerprint density at radius 3 is 2.92 bits per heavy atom. The lowest BCUT2D eigenvalue weighted by Gasteiger charge is -2.25. The molecule has 25 heavy (non-hydrogen) atoms. The number of hydrogen-bond acceptors (Lipinski definition) is 6. The molecule has 0 saturated carbocycles. The first kappa shape index (κ1) is 18.0. The number of thiophene rings is 1. The van der Waals surface area contributed by atoms with Crippen LogP contribution in [0, 0.1) is 6.92 Å². The molecule has 0 bridgehead atoms. The maximum Gasteiger partial charge on any atom is 0.258 e. The van der Waals surface area contributed by atoms with Crippen molar-refractivity contribution in [3.8, 4) is 0 Å². The van der Waals surface area contributed by atoms with Gasteiger partial charge in [-0.15, -0.1) is 22.7 Å². The molecule has 1 aliphatic rings. The van der Waals surface area contributed by atoms with Gasteiger partial charge in [-0.05, 0) is 39.9 Å². The standard InChI is InChI=1S/C17H22N4O2S2/c1-11-12(16(23)19-17-18-6-8-24-17)9-14(25-11)13-5-4-7-21(13)15(22)10-20(2)3/h6,8-9,13H,4-5,7,10H2,1-3H3,(H,18,19,23). The molecule has 3 rings (SSSR count). The minimum atomic E-state index is -0.140. The minimum Gasteiger partial charge on any atom is -0.334 e. The zero-order chi connectivity index (χ0) is 18.0. The van der Waals surface area contributed by atoms with E-state index in [1.807, 2.05) is 42.3 Å². The number of amides is 2.